The van der Waals surface area contributed by atoms with E-state index in [1.165, 1.54) is 0 Å². The molecule has 5 N–H and O–H groups in total. The van der Waals surface area contributed by atoms with Gasteiger partial charge < -0.3 is 35.2 Å². The number of aliphatic hydroxyl groups is 4. The van der Waals surface area contributed by atoms with Crippen LogP contribution >= 0.6 is 21.6 Å². The number of hydrogen-bond acceptors (Lipinski definition) is 10. The molecule has 8 bridgehead atoms. The van der Waals surface area contributed by atoms with E-state index in [0.717, 1.165) is 54.7 Å². The van der Waals surface area contributed by atoms with E-state index in [2.05, 4.69) is 45.9 Å². The third kappa shape index (κ3) is 5.62. The van der Waals surface area contributed by atoms with Crippen molar-refractivity contribution in [3.63, 3.8) is 0 Å². The molecule has 15 unspecified atom stereocenters. The summed E-state index contributed by atoms with van der Waals surface area (Å²) in [5.41, 5.74) is -3.36. The number of aryl methyl sites for hydroxylation is 1. The first kappa shape index (κ1) is 41.2. The van der Waals surface area contributed by atoms with Crippen molar-refractivity contribution in [1.82, 2.24) is 0 Å². The summed E-state index contributed by atoms with van der Waals surface area (Å²) in [6, 6.07) is 5.58. The zero-order chi connectivity index (χ0) is 41.5. The number of amides is 1. The molecule has 6 aliphatic carbocycles. The predicted molar refractivity (Wildman–Crippen MR) is 231 cm³/mol. The van der Waals surface area contributed by atoms with Crippen LogP contribution in [-0.4, -0.2) is 90.9 Å². The molecule has 1 aromatic carbocycles. The van der Waals surface area contributed by atoms with Crippen LogP contribution in [0.4, 0.5) is 5.69 Å². The van der Waals surface area contributed by atoms with E-state index < -0.39 is 45.1 Å². The zero-order valence-corrected chi connectivity index (χ0v) is 36.9. The van der Waals surface area contributed by atoms with Gasteiger partial charge in [-0.3, -0.25) is 9.59 Å². The van der Waals surface area contributed by atoms with Gasteiger partial charge in [0, 0.05) is 41.1 Å². The molecule has 12 rings (SSSR count). The van der Waals surface area contributed by atoms with Crippen molar-refractivity contribution in [2.75, 3.05) is 23.0 Å². The van der Waals surface area contributed by atoms with Gasteiger partial charge in [-0.25, -0.2) is 0 Å². The summed E-state index contributed by atoms with van der Waals surface area (Å²) in [5.74, 6) is 1.53. The largest absolute Gasteiger partial charge is 0.508 e. The first-order valence-electron chi connectivity index (χ1n) is 22.8. The highest BCUT2D eigenvalue weighted by molar-refractivity contribution is 8.76. The molecule has 4 saturated carbocycles. The number of ether oxygens (including phenoxy) is 1. The van der Waals surface area contributed by atoms with Gasteiger partial charge in [0.1, 0.15) is 17.5 Å². The average Bonchev–Trinajstić information content (AvgIpc) is 3.88. The van der Waals surface area contributed by atoms with Gasteiger partial charge >= 0.3 is 0 Å². The minimum atomic E-state index is -1.44. The number of hydrogen-bond donors (Lipinski definition) is 5. The molecule has 6 fully saturated rings. The van der Waals surface area contributed by atoms with Crippen LogP contribution in [0.2, 0.25) is 0 Å². The molecule has 1 aromatic rings. The molecule has 0 aromatic heterocycles. The van der Waals surface area contributed by atoms with E-state index in [-0.39, 0.29) is 72.1 Å². The number of aliphatic hydroxyl groups excluding tert-OH is 2. The van der Waals surface area contributed by atoms with E-state index in [4.69, 9.17) is 4.74 Å². The molecule has 59 heavy (non-hydrogen) atoms. The van der Waals surface area contributed by atoms with Crippen molar-refractivity contribution in [1.29, 1.82) is 0 Å². The molecule has 0 radical (unpaired) electrons. The van der Waals surface area contributed by atoms with Gasteiger partial charge in [-0.2, -0.15) is 0 Å². The number of ketones is 1. The summed E-state index contributed by atoms with van der Waals surface area (Å²) >= 11 is 0. The van der Waals surface area contributed by atoms with E-state index >= 15 is 4.79 Å². The minimum absolute atomic E-state index is 0.0714. The average molecular weight is 848 g/mol. The van der Waals surface area contributed by atoms with Crippen molar-refractivity contribution in [2.24, 2.45) is 57.2 Å². The highest BCUT2D eigenvalue weighted by Crippen LogP contribution is 2.75. The van der Waals surface area contributed by atoms with Crippen LogP contribution in [0, 0.1) is 57.2 Å². The number of aromatic hydroxyl groups is 1. The number of rotatable bonds is 3. The Morgan fingerprint density at radius 3 is 2.54 bits per heavy atom. The summed E-state index contributed by atoms with van der Waals surface area (Å²) < 4.78 is 6.48. The van der Waals surface area contributed by atoms with Crippen molar-refractivity contribution in [3.8, 4) is 5.75 Å². The molecule has 322 valence electrons. The Hall–Kier alpha value is -1.86. The topological polar surface area (TPSA) is 151 Å². The number of fused-ring (bicyclic) bond motifs is 1. The zero-order valence-electron chi connectivity index (χ0n) is 35.3. The van der Waals surface area contributed by atoms with Crippen LogP contribution in [0.1, 0.15) is 110 Å². The molecular weight excluding hydrogens is 783 g/mol. The Morgan fingerprint density at radius 1 is 0.949 bits per heavy atom. The number of benzene rings is 1. The number of allylic oxidation sites excluding steroid dienone is 2. The minimum Gasteiger partial charge on any atom is -0.508 e. The third-order valence-corrected chi connectivity index (χ3v) is 21.4. The maximum absolute atomic E-state index is 15.2. The second-order valence-electron chi connectivity index (χ2n) is 21.4. The van der Waals surface area contributed by atoms with Gasteiger partial charge in [0.15, 0.2) is 5.78 Å². The molecule has 11 aliphatic rings. The second-order valence-corrected chi connectivity index (χ2v) is 23.9. The summed E-state index contributed by atoms with van der Waals surface area (Å²) in [5, 5.41) is 61.3. The van der Waals surface area contributed by atoms with Crippen LogP contribution in [-0.2, 0) is 20.7 Å². The molecule has 15 atom stereocenters. The number of nitrogens with zero attached hydrogens (tertiary/aromatic N) is 1. The maximum Gasteiger partial charge on any atom is 0.233 e. The lowest BCUT2D eigenvalue weighted by molar-refractivity contribution is -0.194. The fourth-order valence-corrected chi connectivity index (χ4v) is 18.5. The summed E-state index contributed by atoms with van der Waals surface area (Å²) in [6.45, 7) is 9.33. The van der Waals surface area contributed by atoms with Crippen LogP contribution in [0.3, 0.4) is 0 Å². The molecule has 9 nitrogen and oxygen atoms in total. The lowest BCUT2D eigenvalue weighted by Gasteiger charge is -2.66. The predicted octanol–water partition coefficient (Wildman–Crippen LogP) is 7.16. The van der Waals surface area contributed by atoms with Crippen molar-refractivity contribution in [3.05, 3.63) is 47.6 Å². The highest BCUT2D eigenvalue weighted by Gasteiger charge is 2.77. The summed E-state index contributed by atoms with van der Waals surface area (Å²) in [4.78, 5) is 31.9. The quantitative estimate of drug-likeness (QED) is 0.120. The van der Waals surface area contributed by atoms with Crippen LogP contribution in [0.5, 0.6) is 5.75 Å². The van der Waals surface area contributed by atoms with Crippen molar-refractivity contribution < 1.29 is 39.9 Å². The molecule has 2 saturated heterocycles. The SMILES string of the molecule is CC(C)C(C)C1OC1C1(O)CC=CC2CC3C4=CC(=O)C5(CSSCC6CCCCC67CCN(C7=O)c6cc(O)cc(c6)CCC26C1CCC46O)CC(O)C(O)CC35C. The van der Waals surface area contributed by atoms with E-state index in [1.807, 2.05) is 4.90 Å². The lowest BCUT2D eigenvalue weighted by atomic mass is 9.39. The normalized spacial score (nSPS) is 48.4. The molecular formula is C48H65NO8S2. The van der Waals surface area contributed by atoms with Gasteiger partial charge in [0.25, 0.3) is 0 Å². The highest BCUT2D eigenvalue weighted by atomic mass is 33.1. The fourth-order valence-electron chi connectivity index (χ4n) is 15.2. The standard InChI is InChI=1S/C48H65NO8S2/c1-27(2)28(3)40-41(57-40)47(55)13-7-9-30-20-34-35-22-39(53)45(24-37(52)36(51)23-43(34,45)4)26-59-58-25-31-8-5-6-12-44(31)16-17-49(42(44)54)32-18-29(19-33(50)21-32)10-14-46(30)38(47)11-15-48(35,46)56/h7,9,18-19,21-22,27-28,30-31,34,36-38,40-41,50-52,55-56H,5-6,8,10-17,20,23-26H2,1-4H3. The van der Waals surface area contributed by atoms with Gasteiger partial charge in [-0.05, 0) is 135 Å². The maximum atomic E-state index is 15.2. The molecule has 11 heteroatoms. The van der Waals surface area contributed by atoms with Crippen LogP contribution in [0.15, 0.2) is 42.0 Å². The fraction of sp³-hybridized carbons (Fsp3) is 0.750. The van der Waals surface area contributed by atoms with Gasteiger partial charge in [0.2, 0.25) is 5.91 Å². The van der Waals surface area contributed by atoms with Crippen LogP contribution < -0.4 is 4.90 Å². The molecule has 3 spiro atoms. The summed E-state index contributed by atoms with van der Waals surface area (Å²) in [6.07, 6.45) is 11.8. The molecule has 5 aliphatic heterocycles. The van der Waals surface area contributed by atoms with E-state index in [1.54, 1.807) is 39.8 Å². The van der Waals surface area contributed by atoms with Crippen molar-refractivity contribution in [2.45, 2.75) is 147 Å². The smallest absolute Gasteiger partial charge is 0.233 e. The summed E-state index contributed by atoms with van der Waals surface area (Å²) in [7, 11) is 3.42. The molecule has 5 heterocycles. The number of carbonyl (C=O) groups excluding carboxylic acids is 2. The first-order valence-corrected chi connectivity index (χ1v) is 25.3. The first-order chi connectivity index (χ1) is 28.0. The number of anilines is 1. The number of epoxide rings is 1. The van der Waals surface area contributed by atoms with Gasteiger partial charge in [0.05, 0.1) is 34.7 Å². The van der Waals surface area contributed by atoms with E-state index in [0.29, 0.717) is 56.7 Å². The van der Waals surface area contributed by atoms with E-state index in [9.17, 15) is 30.3 Å². The Bertz CT molecular complexity index is 1970. The monoisotopic (exact) mass is 847 g/mol. The lowest BCUT2D eigenvalue weighted by Crippen LogP contribution is -2.68. The third-order valence-electron chi connectivity index (χ3n) is 18.9. The Labute approximate surface area is 357 Å². The Kier molecular flexibility index (Phi) is 9.82. The van der Waals surface area contributed by atoms with Crippen LogP contribution in [0.25, 0.3) is 0 Å². The van der Waals surface area contributed by atoms with Crippen molar-refractivity contribution >= 4 is 39.0 Å². The molecule has 1 amide bonds. The second kappa shape index (κ2) is 14.1. The number of phenolic OH excluding ortho intramolecular Hbond substituents is 1. The van der Waals surface area contributed by atoms with Gasteiger partial charge in [-0.1, -0.05) is 74.3 Å². The number of phenols is 1. The number of carbonyl (C=O) groups is 2. The van der Waals surface area contributed by atoms with Gasteiger partial charge in [-0.15, -0.1) is 0 Å². The Balaban J connectivity index is 1.14. The Morgan fingerprint density at radius 2 is 1.75 bits per heavy atom.